The summed E-state index contributed by atoms with van der Waals surface area (Å²) in [5, 5.41) is 0. The van der Waals surface area contributed by atoms with Gasteiger partial charge in [0.2, 0.25) is 0 Å². The number of nitrogens with zero attached hydrogens (tertiary/aromatic N) is 2. The summed E-state index contributed by atoms with van der Waals surface area (Å²) in [6.45, 7) is 8.48. The van der Waals surface area contributed by atoms with Crippen molar-refractivity contribution in [3.63, 3.8) is 0 Å². The number of hydrogen-bond donors (Lipinski definition) is 0. The summed E-state index contributed by atoms with van der Waals surface area (Å²) >= 11 is 0. The Morgan fingerprint density at radius 3 is 2.44 bits per heavy atom. The van der Waals surface area contributed by atoms with Crippen molar-refractivity contribution < 1.29 is 23.5 Å². The maximum absolute atomic E-state index is 12.7. The van der Waals surface area contributed by atoms with E-state index in [0.717, 1.165) is 11.1 Å². The summed E-state index contributed by atoms with van der Waals surface area (Å²) in [5.74, 6) is 0.310. The van der Waals surface area contributed by atoms with Crippen LogP contribution in [0.2, 0.25) is 0 Å². The van der Waals surface area contributed by atoms with Crippen LogP contribution in [0.1, 0.15) is 62.9 Å². The average molecular weight is 529 g/mol. The second-order valence-corrected chi connectivity index (χ2v) is 10.5. The second-order valence-electron chi connectivity index (χ2n) is 10.5. The van der Waals surface area contributed by atoms with E-state index in [1.165, 1.54) is 0 Å². The van der Waals surface area contributed by atoms with Crippen LogP contribution in [0, 0.1) is 0 Å². The molecule has 0 aliphatic heterocycles. The van der Waals surface area contributed by atoms with E-state index in [9.17, 15) is 9.59 Å². The number of anilines is 1. The Bertz CT molecular complexity index is 1360. The standard InChI is InChI=1S/C32H36N2O5/c1-5-28(30(36)39-32(2,3)4)37-25-16-11-13-23(21-25)22-34(31-33-26-17-9-10-19-29(26)38-31)20-12-18-27(35)24-14-7-6-8-15-24/h6-11,13-17,19,21,28H,5,12,18,20,22H2,1-4H3. The Hall–Kier alpha value is -4.13. The van der Waals surface area contributed by atoms with Gasteiger partial charge in [0, 0.05) is 25.1 Å². The van der Waals surface area contributed by atoms with E-state index in [1.807, 2.05) is 111 Å². The van der Waals surface area contributed by atoms with Gasteiger partial charge in [0.1, 0.15) is 16.9 Å². The highest BCUT2D eigenvalue weighted by molar-refractivity contribution is 5.96. The van der Waals surface area contributed by atoms with Crippen LogP contribution in [0.3, 0.4) is 0 Å². The third kappa shape index (κ3) is 7.93. The molecule has 0 radical (unpaired) electrons. The van der Waals surface area contributed by atoms with Gasteiger partial charge in [-0.3, -0.25) is 4.79 Å². The first-order chi connectivity index (χ1) is 18.7. The van der Waals surface area contributed by atoms with Gasteiger partial charge in [-0.25, -0.2) is 4.79 Å². The Labute approximate surface area is 229 Å². The van der Waals surface area contributed by atoms with Crippen LogP contribution in [-0.2, 0) is 16.1 Å². The maximum Gasteiger partial charge on any atom is 0.347 e. The fourth-order valence-electron chi connectivity index (χ4n) is 4.20. The number of oxazole rings is 1. The molecule has 4 rings (SSSR count). The Morgan fingerprint density at radius 2 is 1.72 bits per heavy atom. The van der Waals surface area contributed by atoms with Crippen molar-refractivity contribution in [3.8, 4) is 5.75 Å². The molecule has 0 amide bonds. The van der Waals surface area contributed by atoms with Gasteiger partial charge in [-0.15, -0.1) is 0 Å². The number of carbonyl (C=O) groups is 2. The van der Waals surface area contributed by atoms with Crippen molar-refractivity contribution in [3.05, 3.63) is 90.0 Å². The minimum atomic E-state index is -0.698. The Balaban J connectivity index is 1.49. The second kappa shape index (κ2) is 12.6. The van der Waals surface area contributed by atoms with Crippen molar-refractivity contribution in [2.45, 2.75) is 65.2 Å². The smallest absolute Gasteiger partial charge is 0.347 e. The highest BCUT2D eigenvalue weighted by Gasteiger charge is 2.25. The fraction of sp³-hybridized carbons (Fsp3) is 0.344. The zero-order valence-corrected chi connectivity index (χ0v) is 23.1. The molecule has 7 nitrogen and oxygen atoms in total. The molecule has 204 valence electrons. The molecule has 0 N–H and O–H groups in total. The van der Waals surface area contributed by atoms with Crippen LogP contribution >= 0.6 is 0 Å². The molecule has 1 heterocycles. The molecule has 0 bridgehead atoms. The summed E-state index contributed by atoms with van der Waals surface area (Å²) < 4.78 is 17.6. The minimum absolute atomic E-state index is 0.108. The molecule has 3 aromatic carbocycles. The molecular weight excluding hydrogens is 492 g/mol. The molecule has 1 unspecified atom stereocenters. The van der Waals surface area contributed by atoms with E-state index in [2.05, 4.69) is 4.98 Å². The van der Waals surface area contributed by atoms with Gasteiger partial charge in [0.15, 0.2) is 17.5 Å². The van der Waals surface area contributed by atoms with Gasteiger partial charge in [-0.1, -0.05) is 61.5 Å². The van der Waals surface area contributed by atoms with E-state index in [-0.39, 0.29) is 11.8 Å². The quantitative estimate of drug-likeness (QED) is 0.145. The van der Waals surface area contributed by atoms with Crippen LogP contribution in [0.5, 0.6) is 5.75 Å². The monoisotopic (exact) mass is 528 g/mol. The lowest BCUT2D eigenvalue weighted by Crippen LogP contribution is -2.35. The van der Waals surface area contributed by atoms with E-state index in [4.69, 9.17) is 13.9 Å². The van der Waals surface area contributed by atoms with Crippen molar-refractivity contribution in [1.82, 2.24) is 4.98 Å². The normalized spacial score (nSPS) is 12.2. The molecule has 0 aliphatic rings. The van der Waals surface area contributed by atoms with Crippen molar-refractivity contribution in [1.29, 1.82) is 0 Å². The molecule has 0 fully saturated rings. The number of hydrogen-bond acceptors (Lipinski definition) is 7. The van der Waals surface area contributed by atoms with Crippen LogP contribution in [0.4, 0.5) is 6.01 Å². The summed E-state index contributed by atoms with van der Waals surface area (Å²) in [7, 11) is 0. The molecule has 0 saturated carbocycles. The molecule has 0 spiro atoms. The first-order valence-corrected chi connectivity index (χ1v) is 13.4. The zero-order chi connectivity index (χ0) is 27.8. The number of ketones is 1. The number of esters is 1. The average Bonchev–Trinajstić information content (AvgIpc) is 3.35. The molecule has 0 saturated heterocycles. The largest absolute Gasteiger partial charge is 0.479 e. The molecular formula is C32H36N2O5. The number of aromatic nitrogens is 1. The van der Waals surface area contributed by atoms with Crippen molar-refractivity contribution in [2.24, 2.45) is 0 Å². The predicted molar refractivity (Wildman–Crippen MR) is 152 cm³/mol. The van der Waals surface area contributed by atoms with Crippen LogP contribution in [-0.4, -0.2) is 35.0 Å². The molecule has 0 aliphatic carbocycles. The third-order valence-electron chi connectivity index (χ3n) is 6.07. The third-order valence-corrected chi connectivity index (χ3v) is 6.07. The highest BCUT2D eigenvalue weighted by Crippen LogP contribution is 2.25. The lowest BCUT2D eigenvalue weighted by Gasteiger charge is -2.24. The highest BCUT2D eigenvalue weighted by atomic mass is 16.6. The minimum Gasteiger partial charge on any atom is -0.479 e. The van der Waals surface area contributed by atoms with Crippen molar-refractivity contribution >= 4 is 28.9 Å². The van der Waals surface area contributed by atoms with Crippen LogP contribution in [0.25, 0.3) is 11.1 Å². The Morgan fingerprint density at radius 1 is 0.974 bits per heavy atom. The predicted octanol–water partition coefficient (Wildman–Crippen LogP) is 7.00. The molecule has 4 aromatic rings. The van der Waals surface area contributed by atoms with Crippen LogP contribution in [0.15, 0.2) is 83.3 Å². The topological polar surface area (TPSA) is 81.9 Å². The number of benzene rings is 3. The van der Waals surface area contributed by atoms with Gasteiger partial charge < -0.3 is 18.8 Å². The number of carbonyl (C=O) groups excluding carboxylic acids is 2. The number of fused-ring (bicyclic) bond motifs is 1. The van der Waals surface area contributed by atoms with Gasteiger partial charge in [0.25, 0.3) is 6.01 Å². The number of para-hydroxylation sites is 2. The lowest BCUT2D eigenvalue weighted by molar-refractivity contribution is -0.163. The molecule has 1 aromatic heterocycles. The zero-order valence-electron chi connectivity index (χ0n) is 23.1. The van der Waals surface area contributed by atoms with Crippen molar-refractivity contribution in [2.75, 3.05) is 11.4 Å². The maximum atomic E-state index is 12.7. The van der Waals surface area contributed by atoms with E-state index < -0.39 is 11.7 Å². The summed E-state index contributed by atoms with van der Waals surface area (Å²) in [6.07, 6.45) is 0.845. The van der Waals surface area contributed by atoms with Gasteiger partial charge in [-0.2, -0.15) is 4.98 Å². The van der Waals surface area contributed by atoms with E-state index in [1.54, 1.807) is 0 Å². The first-order valence-electron chi connectivity index (χ1n) is 13.4. The molecule has 39 heavy (non-hydrogen) atoms. The summed E-state index contributed by atoms with van der Waals surface area (Å²) in [5.41, 5.74) is 2.57. The SMILES string of the molecule is CCC(Oc1cccc(CN(CCCC(=O)c2ccccc2)c2nc3ccccc3o2)c1)C(=O)OC(C)(C)C. The summed E-state index contributed by atoms with van der Waals surface area (Å²) in [4.78, 5) is 32.0. The fourth-order valence-corrected chi connectivity index (χ4v) is 4.20. The Kier molecular flexibility index (Phi) is 9.02. The first kappa shape index (κ1) is 27.9. The number of rotatable bonds is 12. The molecule has 7 heteroatoms. The number of ether oxygens (including phenoxy) is 2. The lowest BCUT2D eigenvalue weighted by atomic mass is 10.1. The van der Waals surface area contributed by atoms with Crippen LogP contribution < -0.4 is 9.64 Å². The van der Waals surface area contributed by atoms with Gasteiger partial charge in [-0.05, 0) is 63.4 Å². The molecule has 1 atom stereocenters. The van der Waals surface area contributed by atoms with E-state index in [0.29, 0.717) is 55.3 Å². The van der Waals surface area contributed by atoms with Gasteiger partial charge >= 0.3 is 5.97 Å². The number of Topliss-reactive ketones (excluding diaryl/α,β-unsaturated/α-hetero) is 1. The van der Waals surface area contributed by atoms with E-state index >= 15 is 0 Å². The summed E-state index contributed by atoms with van der Waals surface area (Å²) in [6, 6.07) is 25.1. The van der Waals surface area contributed by atoms with Gasteiger partial charge in [0.05, 0.1) is 0 Å².